The number of aryl methyl sites for hydroxylation is 2. The number of thioether (sulfide) groups is 1. The molecule has 2 atom stereocenters. The highest BCUT2D eigenvalue weighted by molar-refractivity contribution is 9.10. The zero-order chi connectivity index (χ0) is 15.4. The van der Waals surface area contributed by atoms with E-state index < -0.39 is 0 Å². The summed E-state index contributed by atoms with van der Waals surface area (Å²) in [6.45, 7) is 6.09. The first-order chi connectivity index (χ1) is 10.0. The van der Waals surface area contributed by atoms with Crippen molar-refractivity contribution in [1.29, 1.82) is 0 Å². The van der Waals surface area contributed by atoms with Crippen LogP contribution in [0, 0.1) is 13.8 Å². The van der Waals surface area contributed by atoms with Crippen molar-refractivity contribution in [3.05, 3.63) is 51.8 Å². The Morgan fingerprint density at radius 3 is 2.38 bits per heavy atom. The summed E-state index contributed by atoms with van der Waals surface area (Å²) in [6.07, 6.45) is 0.907. The van der Waals surface area contributed by atoms with Crippen molar-refractivity contribution in [2.75, 3.05) is 0 Å². The van der Waals surface area contributed by atoms with E-state index >= 15 is 0 Å². The minimum atomic E-state index is 0.0538. The summed E-state index contributed by atoms with van der Waals surface area (Å²) in [6, 6.07) is 10.3. The van der Waals surface area contributed by atoms with Crippen LogP contribution in [0.15, 0.2) is 40.0 Å². The molecule has 2 rings (SSSR count). The molecule has 1 aromatic heterocycles. The monoisotopic (exact) mass is 365 g/mol. The molecule has 3 nitrogen and oxygen atoms in total. The zero-order valence-electron chi connectivity index (χ0n) is 12.5. The van der Waals surface area contributed by atoms with Crippen LogP contribution in [-0.2, 0) is 0 Å². The van der Waals surface area contributed by atoms with Gasteiger partial charge in [0.25, 0.3) is 0 Å². The van der Waals surface area contributed by atoms with E-state index in [1.54, 1.807) is 11.8 Å². The molecule has 0 aliphatic carbocycles. The van der Waals surface area contributed by atoms with E-state index in [2.05, 4.69) is 38.9 Å². The van der Waals surface area contributed by atoms with Crippen LogP contribution in [0.25, 0.3) is 0 Å². The van der Waals surface area contributed by atoms with Crippen LogP contribution in [0.1, 0.15) is 35.5 Å². The number of nitrogens with two attached hydrogens (primary N) is 1. The largest absolute Gasteiger partial charge is 0.326 e. The zero-order valence-corrected chi connectivity index (χ0v) is 14.9. The molecule has 2 N–H and O–H groups in total. The van der Waals surface area contributed by atoms with Crippen molar-refractivity contribution in [1.82, 2.24) is 9.97 Å². The summed E-state index contributed by atoms with van der Waals surface area (Å²) in [4.78, 5) is 9.05. The number of nitrogens with zero attached hydrogens (tertiary/aromatic N) is 2. The van der Waals surface area contributed by atoms with Gasteiger partial charge in [-0.1, -0.05) is 52.8 Å². The Kier molecular flexibility index (Phi) is 5.79. The molecule has 0 spiro atoms. The number of aromatic nitrogens is 2. The summed E-state index contributed by atoms with van der Waals surface area (Å²) in [7, 11) is 0. The van der Waals surface area contributed by atoms with Gasteiger partial charge in [-0.05, 0) is 38.0 Å². The molecular formula is C16H20BrN3S. The highest BCUT2D eigenvalue weighted by atomic mass is 79.9. The van der Waals surface area contributed by atoms with E-state index in [0.29, 0.717) is 0 Å². The van der Waals surface area contributed by atoms with Crippen molar-refractivity contribution in [3.63, 3.8) is 0 Å². The van der Waals surface area contributed by atoms with Gasteiger partial charge in [0, 0.05) is 21.9 Å². The number of hydrogen-bond acceptors (Lipinski definition) is 4. The third kappa shape index (κ3) is 4.28. The second-order valence-electron chi connectivity index (χ2n) is 5.07. The van der Waals surface area contributed by atoms with Gasteiger partial charge in [-0.15, -0.1) is 0 Å². The lowest BCUT2D eigenvalue weighted by atomic mass is 10.0. The summed E-state index contributed by atoms with van der Waals surface area (Å²) in [5.74, 6) is 0. The maximum atomic E-state index is 6.34. The average Bonchev–Trinajstić information content (AvgIpc) is 2.44. The Balaban J connectivity index is 2.35. The molecule has 0 bridgehead atoms. The van der Waals surface area contributed by atoms with E-state index in [1.807, 2.05) is 38.1 Å². The molecule has 0 amide bonds. The Bertz CT molecular complexity index is 598. The van der Waals surface area contributed by atoms with Gasteiger partial charge in [0.15, 0.2) is 5.16 Å². The number of hydrogen-bond donors (Lipinski definition) is 1. The Morgan fingerprint density at radius 2 is 1.81 bits per heavy atom. The molecule has 2 unspecified atom stereocenters. The first kappa shape index (κ1) is 16.5. The van der Waals surface area contributed by atoms with Crippen molar-refractivity contribution in [3.8, 4) is 0 Å². The van der Waals surface area contributed by atoms with Gasteiger partial charge in [0.05, 0.1) is 5.25 Å². The minimum Gasteiger partial charge on any atom is -0.326 e. The lowest BCUT2D eigenvalue weighted by Crippen LogP contribution is -2.26. The molecule has 5 heteroatoms. The molecule has 2 aromatic rings. The fourth-order valence-corrected chi connectivity index (χ4v) is 4.16. The van der Waals surface area contributed by atoms with Crippen LogP contribution >= 0.6 is 27.7 Å². The molecule has 0 saturated heterocycles. The quantitative estimate of drug-likeness (QED) is 0.628. The maximum absolute atomic E-state index is 6.34. The second kappa shape index (κ2) is 7.38. The normalized spacial score (nSPS) is 14.0. The fraction of sp³-hybridized carbons (Fsp3) is 0.375. The third-order valence-corrected chi connectivity index (χ3v) is 5.24. The summed E-state index contributed by atoms with van der Waals surface area (Å²) < 4.78 is 1.08. The second-order valence-corrected chi connectivity index (χ2v) is 7.03. The molecule has 1 aromatic carbocycles. The van der Waals surface area contributed by atoms with Crippen LogP contribution < -0.4 is 5.73 Å². The highest BCUT2D eigenvalue weighted by Gasteiger charge is 2.23. The number of benzene rings is 1. The summed E-state index contributed by atoms with van der Waals surface area (Å²) in [5.41, 5.74) is 9.51. The topological polar surface area (TPSA) is 51.8 Å². The van der Waals surface area contributed by atoms with Crippen molar-refractivity contribution >= 4 is 27.7 Å². The molecular weight excluding hydrogens is 346 g/mol. The van der Waals surface area contributed by atoms with Crippen molar-refractivity contribution < 1.29 is 0 Å². The number of rotatable bonds is 5. The smallest absolute Gasteiger partial charge is 0.188 e. The molecule has 21 heavy (non-hydrogen) atoms. The van der Waals surface area contributed by atoms with Gasteiger partial charge in [0.2, 0.25) is 0 Å². The SMILES string of the molecule is CCC(N)C(Sc1nc(C)cc(C)n1)c1ccccc1Br. The Morgan fingerprint density at radius 1 is 1.19 bits per heavy atom. The first-order valence-electron chi connectivity index (χ1n) is 7.00. The average molecular weight is 366 g/mol. The van der Waals surface area contributed by atoms with Gasteiger partial charge >= 0.3 is 0 Å². The van der Waals surface area contributed by atoms with E-state index in [9.17, 15) is 0 Å². The summed E-state index contributed by atoms with van der Waals surface area (Å²) >= 11 is 5.27. The maximum Gasteiger partial charge on any atom is 0.188 e. The van der Waals surface area contributed by atoms with Gasteiger partial charge in [-0.3, -0.25) is 0 Å². The predicted octanol–water partition coefficient (Wildman–Crippen LogP) is 4.43. The first-order valence-corrected chi connectivity index (χ1v) is 8.67. The number of halogens is 1. The molecule has 0 aliphatic heterocycles. The van der Waals surface area contributed by atoms with Gasteiger partial charge in [-0.25, -0.2) is 9.97 Å². The Hall–Kier alpha value is -0.910. The van der Waals surface area contributed by atoms with Crippen LogP contribution in [0.4, 0.5) is 0 Å². The van der Waals surface area contributed by atoms with E-state index in [1.165, 1.54) is 5.56 Å². The molecule has 0 aliphatic rings. The standard InChI is InChI=1S/C16H20BrN3S/c1-4-14(18)15(12-7-5-6-8-13(12)17)21-16-19-10(2)9-11(3)20-16/h5-9,14-15H,4,18H2,1-3H3. The Labute approximate surface area is 138 Å². The fourth-order valence-electron chi connectivity index (χ4n) is 2.16. The molecule has 1 heterocycles. The molecule has 0 radical (unpaired) electrons. The third-order valence-electron chi connectivity index (χ3n) is 3.27. The van der Waals surface area contributed by atoms with Crippen LogP contribution in [-0.4, -0.2) is 16.0 Å². The van der Waals surface area contributed by atoms with E-state index in [0.717, 1.165) is 27.4 Å². The van der Waals surface area contributed by atoms with E-state index in [-0.39, 0.29) is 11.3 Å². The van der Waals surface area contributed by atoms with Crippen molar-refractivity contribution in [2.45, 2.75) is 43.6 Å². The van der Waals surface area contributed by atoms with Crippen molar-refractivity contribution in [2.24, 2.45) is 5.73 Å². The summed E-state index contributed by atoms with van der Waals surface area (Å²) in [5, 5.41) is 0.920. The van der Waals surface area contributed by atoms with Gasteiger partial charge < -0.3 is 5.73 Å². The van der Waals surface area contributed by atoms with Crippen LogP contribution in [0.5, 0.6) is 0 Å². The van der Waals surface area contributed by atoms with Gasteiger partial charge in [0.1, 0.15) is 0 Å². The molecule has 112 valence electrons. The lowest BCUT2D eigenvalue weighted by molar-refractivity contribution is 0.631. The minimum absolute atomic E-state index is 0.0538. The van der Waals surface area contributed by atoms with E-state index in [4.69, 9.17) is 5.73 Å². The highest BCUT2D eigenvalue weighted by Crippen LogP contribution is 2.39. The van der Waals surface area contributed by atoms with Crippen LogP contribution in [0.2, 0.25) is 0 Å². The van der Waals surface area contributed by atoms with Gasteiger partial charge in [-0.2, -0.15) is 0 Å². The molecule has 0 fully saturated rings. The predicted molar refractivity (Wildman–Crippen MR) is 92.5 cm³/mol. The molecule has 0 saturated carbocycles. The van der Waals surface area contributed by atoms with Crippen LogP contribution in [0.3, 0.4) is 0 Å². The lowest BCUT2D eigenvalue weighted by Gasteiger charge is -2.23.